The molecule has 6 heteroatoms. The molecular weight excluding hydrogens is 412 g/mol. The average Bonchev–Trinajstić information content (AvgIpc) is 3.21. The average molecular weight is 443 g/mol. The number of carbonyl (C=O) groups is 2. The molecular formula is C27H30N4O2. The zero-order valence-electron chi connectivity index (χ0n) is 19.5. The molecule has 2 heterocycles. The Balaban J connectivity index is 1.73. The molecule has 170 valence electrons. The van der Waals surface area contributed by atoms with Crippen LogP contribution in [0, 0.1) is 18.8 Å². The molecule has 33 heavy (non-hydrogen) atoms. The third-order valence-corrected chi connectivity index (χ3v) is 6.41. The lowest BCUT2D eigenvalue weighted by Crippen LogP contribution is -2.28. The summed E-state index contributed by atoms with van der Waals surface area (Å²) in [6.45, 7) is 8.85. The van der Waals surface area contributed by atoms with Gasteiger partial charge in [-0.2, -0.15) is 0 Å². The number of benzene rings is 2. The molecule has 2 N–H and O–H groups in total. The van der Waals surface area contributed by atoms with Crippen LogP contribution in [-0.2, 0) is 4.79 Å². The summed E-state index contributed by atoms with van der Waals surface area (Å²) < 4.78 is 0. The number of carbonyl (C=O) groups excluding carboxylic acids is 2. The van der Waals surface area contributed by atoms with Gasteiger partial charge in [0.2, 0.25) is 5.91 Å². The van der Waals surface area contributed by atoms with Gasteiger partial charge in [0.05, 0.1) is 23.9 Å². The summed E-state index contributed by atoms with van der Waals surface area (Å²) >= 11 is 0. The Morgan fingerprint density at radius 1 is 1.06 bits per heavy atom. The predicted molar refractivity (Wildman–Crippen MR) is 129 cm³/mol. The van der Waals surface area contributed by atoms with E-state index in [2.05, 4.69) is 52.6 Å². The van der Waals surface area contributed by atoms with E-state index in [0.717, 1.165) is 16.7 Å². The van der Waals surface area contributed by atoms with Crippen molar-refractivity contribution >= 4 is 11.8 Å². The fraction of sp³-hybridized carbons (Fsp3) is 0.333. The molecule has 1 fully saturated rings. The second-order valence-corrected chi connectivity index (χ2v) is 9.17. The highest BCUT2D eigenvalue weighted by Gasteiger charge is 2.38. The number of aromatic nitrogens is 2. The Morgan fingerprint density at radius 3 is 2.48 bits per heavy atom. The van der Waals surface area contributed by atoms with Crippen LogP contribution >= 0.6 is 0 Å². The van der Waals surface area contributed by atoms with Crippen LogP contribution in [0.25, 0.3) is 11.1 Å². The van der Waals surface area contributed by atoms with E-state index >= 15 is 0 Å². The Hall–Kier alpha value is -3.54. The van der Waals surface area contributed by atoms with Crippen LogP contribution in [0.1, 0.15) is 59.9 Å². The number of aryl methyl sites for hydroxylation is 1. The monoisotopic (exact) mass is 442 g/mol. The first-order valence-corrected chi connectivity index (χ1v) is 11.4. The molecule has 3 atom stereocenters. The molecule has 4 rings (SSSR count). The predicted octanol–water partition coefficient (Wildman–Crippen LogP) is 4.43. The van der Waals surface area contributed by atoms with Gasteiger partial charge in [0.25, 0.3) is 5.91 Å². The van der Waals surface area contributed by atoms with E-state index in [1.54, 1.807) is 18.6 Å². The Bertz CT molecular complexity index is 1140. The van der Waals surface area contributed by atoms with Crippen LogP contribution in [0.4, 0.5) is 0 Å². The molecule has 1 aliphatic rings. The molecule has 0 radical (unpaired) electrons. The zero-order chi connectivity index (χ0) is 23.5. The number of hydrogen-bond donors (Lipinski definition) is 2. The number of hydrogen-bond acceptors (Lipinski definition) is 4. The van der Waals surface area contributed by atoms with Gasteiger partial charge in [-0.15, -0.1) is 0 Å². The maximum absolute atomic E-state index is 13.3. The standard InChI is InChI=1S/C27H30N4O2/c1-16(2)23-14-30-27(33)25(23)21-11-20(19-7-5-17(3)6-8-19)12-22(13-21)26(32)31-18(4)24-15-28-9-10-29-24/h5-13,15-16,18,23,25H,14H2,1-4H3,(H,30,33)(H,31,32)/t18?,23?,25-/m0/s1. The van der Waals surface area contributed by atoms with Gasteiger partial charge < -0.3 is 10.6 Å². The van der Waals surface area contributed by atoms with E-state index in [-0.39, 0.29) is 29.7 Å². The molecule has 1 aromatic heterocycles. The molecule has 0 bridgehead atoms. The van der Waals surface area contributed by atoms with Gasteiger partial charge in [0.1, 0.15) is 0 Å². The first kappa shape index (κ1) is 22.6. The van der Waals surface area contributed by atoms with Crippen LogP contribution < -0.4 is 10.6 Å². The van der Waals surface area contributed by atoms with Crippen LogP contribution in [0.5, 0.6) is 0 Å². The summed E-state index contributed by atoms with van der Waals surface area (Å²) in [7, 11) is 0. The van der Waals surface area contributed by atoms with E-state index in [0.29, 0.717) is 23.7 Å². The third-order valence-electron chi connectivity index (χ3n) is 6.41. The normalized spacial score (nSPS) is 18.8. The minimum atomic E-state index is -0.295. The summed E-state index contributed by atoms with van der Waals surface area (Å²) in [6, 6.07) is 13.7. The van der Waals surface area contributed by atoms with Crippen molar-refractivity contribution in [2.24, 2.45) is 11.8 Å². The van der Waals surface area contributed by atoms with Gasteiger partial charge in [0.15, 0.2) is 0 Å². The lowest BCUT2D eigenvalue weighted by molar-refractivity contribution is -0.120. The number of nitrogens with zero attached hydrogens (tertiary/aromatic N) is 2. The Labute approximate surface area is 194 Å². The fourth-order valence-corrected chi connectivity index (χ4v) is 4.42. The van der Waals surface area contributed by atoms with Crippen molar-refractivity contribution in [3.05, 3.63) is 83.4 Å². The SMILES string of the molecule is Cc1ccc(-c2cc(C(=O)NC(C)c3cnccn3)cc([C@@H]3C(=O)NCC3C(C)C)c2)cc1. The van der Waals surface area contributed by atoms with Gasteiger partial charge >= 0.3 is 0 Å². The highest BCUT2D eigenvalue weighted by molar-refractivity contribution is 5.97. The molecule has 6 nitrogen and oxygen atoms in total. The summed E-state index contributed by atoms with van der Waals surface area (Å²) in [5.74, 6) is 0.0578. The van der Waals surface area contributed by atoms with Crippen molar-refractivity contribution in [1.82, 2.24) is 20.6 Å². The second-order valence-electron chi connectivity index (χ2n) is 9.17. The first-order valence-electron chi connectivity index (χ1n) is 11.4. The van der Waals surface area contributed by atoms with Crippen molar-refractivity contribution in [3.8, 4) is 11.1 Å². The van der Waals surface area contributed by atoms with Crippen LogP contribution in [0.3, 0.4) is 0 Å². The number of nitrogens with one attached hydrogen (secondary N) is 2. The maximum atomic E-state index is 13.3. The minimum absolute atomic E-state index is 0.0223. The topological polar surface area (TPSA) is 84.0 Å². The molecule has 1 aliphatic heterocycles. The Kier molecular flexibility index (Phi) is 6.54. The number of rotatable bonds is 6. The Morgan fingerprint density at radius 2 is 1.82 bits per heavy atom. The van der Waals surface area contributed by atoms with E-state index < -0.39 is 0 Å². The highest BCUT2D eigenvalue weighted by atomic mass is 16.2. The van der Waals surface area contributed by atoms with E-state index in [9.17, 15) is 9.59 Å². The molecule has 2 amide bonds. The van der Waals surface area contributed by atoms with Gasteiger partial charge in [-0.25, -0.2) is 0 Å². The van der Waals surface area contributed by atoms with E-state index in [1.165, 1.54) is 5.56 Å². The van der Waals surface area contributed by atoms with Gasteiger partial charge in [0, 0.05) is 24.5 Å². The first-order chi connectivity index (χ1) is 15.8. The van der Waals surface area contributed by atoms with E-state index in [1.807, 2.05) is 38.1 Å². The van der Waals surface area contributed by atoms with Crippen LogP contribution in [0.15, 0.2) is 61.1 Å². The van der Waals surface area contributed by atoms with Gasteiger partial charge in [-0.3, -0.25) is 19.6 Å². The van der Waals surface area contributed by atoms with Crippen molar-refractivity contribution in [1.29, 1.82) is 0 Å². The molecule has 1 saturated heterocycles. The lowest BCUT2D eigenvalue weighted by atomic mass is 9.80. The minimum Gasteiger partial charge on any atom is -0.355 e. The second kappa shape index (κ2) is 9.53. The fourth-order valence-electron chi connectivity index (χ4n) is 4.42. The summed E-state index contributed by atoms with van der Waals surface area (Å²) in [5.41, 5.74) is 5.20. The van der Waals surface area contributed by atoms with E-state index in [4.69, 9.17) is 0 Å². The van der Waals surface area contributed by atoms with Gasteiger partial charge in [-0.1, -0.05) is 49.7 Å². The summed E-state index contributed by atoms with van der Waals surface area (Å²) in [4.78, 5) is 34.4. The molecule has 0 spiro atoms. The van der Waals surface area contributed by atoms with Gasteiger partial charge in [-0.05, 0) is 54.5 Å². The lowest BCUT2D eigenvalue weighted by Gasteiger charge is -2.22. The largest absolute Gasteiger partial charge is 0.355 e. The summed E-state index contributed by atoms with van der Waals surface area (Å²) in [5, 5.41) is 6.04. The quantitative estimate of drug-likeness (QED) is 0.592. The van der Waals surface area contributed by atoms with Crippen LogP contribution in [0.2, 0.25) is 0 Å². The third kappa shape index (κ3) is 4.95. The van der Waals surface area contributed by atoms with Crippen LogP contribution in [-0.4, -0.2) is 28.3 Å². The van der Waals surface area contributed by atoms with Crippen molar-refractivity contribution in [2.75, 3.05) is 6.54 Å². The zero-order valence-corrected chi connectivity index (χ0v) is 19.5. The van der Waals surface area contributed by atoms with Crippen molar-refractivity contribution in [2.45, 2.75) is 39.7 Å². The molecule has 3 aromatic rings. The molecule has 2 unspecified atom stereocenters. The van der Waals surface area contributed by atoms with Crippen molar-refractivity contribution in [3.63, 3.8) is 0 Å². The smallest absolute Gasteiger partial charge is 0.251 e. The molecule has 0 saturated carbocycles. The highest BCUT2D eigenvalue weighted by Crippen LogP contribution is 2.36. The number of amides is 2. The molecule has 2 aromatic carbocycles. The van der Waals surface area contributed by atoms with Crippen molar-refractivity contribution < 1.29 is 9.59 Å². The maximum Gasteiger partial charge on any atom is 0.251 e. The summed E-state index contributed by atoms with van der Waals surface area (Å²) in [6.07, 6.45) is 4.86. The molecule has 0 aliphatic carbocycles.